The third-order valence-electron chi connectivity index (χ3n) is 4.31. The highest BCUT2D eigenvalue weighted by Gasteiger charge is 2.31. The third kappa shape index (κ3) is 2.89. The van der Waals surface area contributed by atoms with E-state index in [1.54, 1.807) is 0 Å². The summed E-state index contributed by atoms with van der Waals surface area (Å²) in [6.45, 7) is 9.76. The van der Waals surface area contributed by atoms with Gasteiger partial charge >= 0.3 is 0 Å². The average Bonchev–Trinajstić information content (AvgIpc) is 2.26. The van der Waals surface area contributed by atoms with Crippen LogP contribution in [0.5, 0.6) is 0 Å². The lowest BCUT2D eigenvalue weighted by atomic mass is 10.0. The molecule has 0 spiro atoms. The summed E-state index contributed by atoms with van der Waals surface area (Å²) in [7, 11) is 2.26. The second kappa shape index (κ2) is 5.50. The van der Waals surface area contributed by atoms with Gasteiger partial charge in [-0.05, 0) is 33.7 Å². The van der Waals surface area contributed by atoms with Crippen molar-refractivity contribution in [3.63, 3.8) is 0 Å². The molecule has 0 aromatic heterocycles. The Bertz CT molecular complexity index is 216. The van der Waals surface area contributed by atoms with Gasteiger partial charge in [0.25, 0.3) is 0 Å². The maximum absolute atomic E-state index is 2.74. The second-order valence-corrected chi connectivity index (χ2v) is 6.82. The molecule has 3 nitrogen and oxygen atoms in total. The highest BCUT2D eigenvalue weighted by Crippen LogP contribution is 2.23. The lowest BCUT2D eigenvalue weighted by molar-refractivity contribution is 0.0216. The Morgan fingerprint density at radius 2 is 1.50 bits per heavy atom. The smallest absolute Gasteiger partial charge is 0.0201 e. The normalized spacial score (nSPS) is 36.8. The molecule has 2 fully saturated rings. The molecule has 94 valence electrons. The zero-order valence-electron chi connectivity index (χ0n) is 10.7. The van der Waals surface area contributed by atoms with Crippen LogP contribution >= 0.6 is 22.9 Å². The fourth-order valence-corrected chi connectivity index (χ4v) is 3.50. The van der Waals surface area contributed by atoms with Crippen LogP contribution in [0.3, 0.4) is 0 Å². The SMILES string of the molecule is C[C@H]1CN(C2CCN(I)CC2)C[C@H](C)N1C. The zero-order chi connectivity index (χ0) is 11.7. The summed E-state index contributed by atoms with van der Waals surface area (Å²) in [5.74, 6) is 0. The van der Waals surface area contributed by atoms with Crippen molar-refractivity contribution >= 4 is 22.9 Å². The van der Waals surface area contributed by atoms with Gasteiger partial charge in [0, 0.05) is 67.2 Å². The molecule has 0 amide bonds. The molecular weight excluding hydrogens is 313 g/mol. The molecular formula is C12H24IN3. The topological polar surface area (TPSA) is 9.72 Å². The molecule has 2 atom stereocenters. The van der Waals surface area contributed by atoms with E-state index in [1.807, 2.05) is 0 Å². The van der Waals surface area contributed by atoms with Gasteiger partial charge in [0.2, 0.25) is 0 Å². The first-order valence-electron chi connectivity index (χ1n) is 6.44. The largest absolute Gasteiger partial charge is 0.298 e. The Labute approximate surface area is 114 Å². The molecule has 0 aromatic carbocycles. The van der Waals surface area contributed by atoms with E-state index in [1.165, 1.54) is 39.0 Å². The molecule has 0 radical (unpaired) electrons. The molecule has 0 N–H and O–H groups in total. The number of likely N-dealkylation sites (N-methyl/N-ethyl adjacent to an activating group) is 1. The Balaban J connectivity index is 1.90. The fraction of sp³-hybridized carbons (Fsp3) is 1.00. The molecule has 4 heteroatoms. The maximum atomic E-state index is 2.74. The lowest BCUT2D eigenvalue weighted by Gasteiger charge is -2.47. The molecule has 2 heterocycles. The third-order valence-corrected chi connectivity index (χ3v) is 5.28. The summed E-state index contributed by atoms with van der Waals surface area (Å²) in [5, 5.41) is 0. The van der Waals surface area contributed by atoms with Crippen LogP contribution < -0.4 is 0 Å². The highest BCUT2D eigenvalue weighted by molar-refractivity contribution is 14.1. The van der Waals surface area contributed by atoms with Crippen molar-refractivity contribution in [1.82, 2.24) is 12.9 Å². The standard InChI is InChI=1S/C12H24IN3/c1-10-8-15(9-11(2)14(10)3)12-4-6-16(13)7-5-12/h10-12H,4-9H2,1-3H3/t10-,11-/m0/s1. The summed E-state index contributed by atoms with van der Waals surface area (Å²) >= 11 is 2.46. The number of piperazine rings is 1. The van der Waals surface area contributed by atoms with Crippen LogP contribution in [-0.4, -0.2) is 64.3 Å². The lowest BCUT2D eigenvalue weighted by Crippen LogP contribution is -2.58. The summed E-state index contributed by atoms with van der Waals surface area (Å²) in [4.78, 5) is 5.25. The van der Waals surface area contributed by atoms with Gasteiger partial charge in [0.15, 0.2) is 0 Å². The number of hydrogen-bond donors (Lipinski definition) is 0. The van der Waals surface area contributed by atoms with E-state index in [-0.39, 0.29) is 0 Å². The van der Waals surface area contributed by atoms with Crippen LogP contribution in [0, 0.1) is 0 Å². The van der Waals surface area contributed by atoms with Gasteiger partial charge < -0.3 is 0 Å². The monoisotopic (exact) mass is 337 g/mol. The van der Waals surface area contributed by atoms with Gasteiger partial charge in [-0.2, -0.15) is 0 Å². The van der Waals surface area contributed by atoms with Crippen LogP contribution in [0.1, 0.15) is 26.7 Å². The minimum absolute atomic E-state index is 0.710. The van der Waals surface area contributed by atoms with Crippen LogP contribution in [-0.2, 0) is 0 Å². The van der Waals surface area contributed by atoms with Crippen molar-refractivity contribution in [2.45, 2.75) is 44.8 Å². The van der Waals surface area contributed by atoms with Gasteiger partial charge in [0.05, 0.1) is 0 Å². The van der Waals surface area contributed by atoms with Crippen LogP contribution in [0.2, 0.25) is 0 Å². The van der Waals surface area contributed by atoms with E-state index in [2.05, 4.69) is 56.7 Å². The Morgan fingerprint density at radius 1 is 1.00 bits per heavy atom. The molecule has 0 saturated carbocycles. The predicted molar refractivity (Wildman–Crippen MR) is 76.9 cm³/mol. The van der Waals surface area contributed by atoms with Crippen LogP contribution in [0.4, 0.5) is 0 Å². The van der Waals surface area contributed by atoms with Crippen molar-refractivity contribution in [2.75, 3.05) is 33.2 Å². The molecule has 2 rings (SSSR count). The minimum Gasteiger partial charge on any atom is -0.298 e. The fourth-order valence-electron chi connectivity index (χ4n) is 2.94. The van der Waals surface area contributed by atoms with Crippen molar-refractivity contribution < 1.29 is 0 Å². The number of halogens is 1. The van der Waals surface area contributed by atoms with Crippen molar-refractivity contribution in [3.8, 4) is 0 Å². The molecule has 0 unspecified atom stereocenters. The highest BCUT2D eigenvalue weighted by atomic mass is 127. The average molecular weight is 337 g/mol. The molecule has 2 aliphatic heterocycles. The number of piperidine rings is 1. The maximum Gasteiger partial charge on any atom is 0.0201 e. The Hall–Kier alpha value is 0.610. The predicted octanol–water partition coefficient (Wildman–Crippen LogP) is 1.83. The van der Waals surface area contributed by atoms with E-state index < -0.39 is 0 Å². The molecule has 2 aliphatic rings. The van der Waals surface area contributed by atoms with Gasteiger partial charge in [0.1, 0.15) is 0 Å². The Morgan fingerprint density at radius 3 is 2.00 bits per heavy atom. The van der Waals surface area contributed by atoms with Crippen LogP contribution in [0.15, 0.2) is 0 Å². The molecule has 0 bridgehead atoms. The van der Waals surface area contributed by atoms with Crippen LogP contribution in [0.25, 0.3) is 0 Å². The van der Waals surface area contributed by atoms with Gasteiger partial charge in [-0.1, -0.05) is 0 Å². The van der Waals surface area contributed by atoms with Gasteiger partial charge in [-0.15, -0.1) is 0 Å². The van der Waals surface area contributed by atoms with Gasteiger partial charge in [-0.25, -0.2) is 3.11 Å². The summed E-state index contributed by atoms with van der Waals surface area (Å²) in [6, 6.07) is 2.26. The summed E-state index contributed by atoms with van der Waals surface area (Å²) < 4.78 is 2.43. The molecule has 0 aromatic rings. The quantitative estimate of drug-likeness (QED) is 0.534. The first-order valence-corrected chi connectivity index (χ1v) is 7.41. The number of hydrogen-bond acceptors (Lipinski definition) is 3. The van der Waals surface area contributed by atoms with Crippen molar-refractivity contribution in [2.24, 2.45) is 0 Å². The molecule has 2 saturated heterocycles. The summed E-state index contributed by atoms with van der Waals surface area (Å²) in [6.07, 6.45) is 2.71. The number of rotatable bonds is 1. The van der Waals surface area contributed by atoms with E-state index in [4.69, 9.17) is 0 Å². The summed E-state index contributed by atoms with van der Waals surface area (Å²) in [5.41, 5.74) is 0. The van der Waals surface area contributed by atoms with Crippen molar-refractivity contribution in [3.05, 3.63) is 0 Å². The van der Waals surface area contributed by atoms with E-state index in [0.29, 0.717) is 12.1 Å². The van der Waals surface area contributed by atoms with Crippen molar-refractivity contribution in [1.29, 1.82) is 0 Å². The van der Waals surface area contributed by atoms with E-state index >= 15 is 0 Å². The minimum atomic E-state index is 0.710. The molecule has 16 heavy (non-hydrogen) atoms. The van der Waals surface area contributed by atoms with E-state index in [0.717, 1.165) is 6.04 Å². The first kappa shape index (κ1) is 13.1. The van der Waals surface area contributed by atoms with E-state index in [9.17, 15) is 0 Å². The Kier molecular flexibility index (Phi) is 4.49. The van der Waals surface area contributed by atoms with Gasteiger partial charge in [-0.3, -0.25) is 9.80 Å². The second-order valence-electron chi connectivity index (χ2n) is 5.46. The number of nitrogens with zero attached hydrogens (tertiary/aromatic N) is 3. The zero-order valence-corrected chi connectivity index (χ0v) is 12.9. The molecule has 0 aliphatic carbocycles. The first-order chi connectivity index (χ1) is 7.58.